The first-order chi connectivity index (χ1) is 12.9. The van der Waals surface area contributed by atoms with Gasteiger partial charge in [0.2, 0.25) is 0 Å². The summed E-state index contributed by atoms with van der Waals surface area (Å²) in [7, 11) is 4.97. The summed E-state index contributed by atoms with van der Waals surface area (Å²) in [5.74, 6) is 1.24. The van der Waals surface area contributed by atoms with E-state index >= 15 is 0 Å². The van der Waals surface area contributed by atoms with E-state index < -0.39 is 7.53 Å². The van der Waals surface area contributed by atoms with Crippen molar-refractivity contribution in [2.45, 2.75) is 65.4 Å². The van der Waals surface area contributed by atoms with Crippen LogP contribution in [0.5, 0.6) is 0 Å². The Hall–Kier alpha value is -0.120. The molecule has 150 valence electrons. The van der Waals surface area contributed by atoms with Gasteiger partial charge in [-0.05, 0) is 37.2 Å². The minimum absolute atomic E-state index is 0.0999. The maximum absolute atomic E-state index is 12.6. The lowest BCUT2D eigenvalue weighted by Crippen LogP contribution is -2.18. The van der Waals surface area contributed by atoms with Gasteiger partial charge in [-0.25, -0.2) is 0 Å². The molecule has 0 aromatic heterocycles. The summed E-state index contributed by atoms with van der Waals surface area (Å²) >= 11 is 0. The molecule has 1 aliphatic rings. The van der Waals surface area contributed by atoms with E-state index in [4.69, 9.17) is 4.52 Å². The van der Waals surface area contributed by atoms with Gasteiger partial charge in [-0.2, -0.15) is 0 Å². The van der Waals surface area contributed by atoms with E-state index in [0.717, 1.165) is 12.8 Å². The molecule has 0 radical (unpaired) electrons. The number of unbranched alkanes of at least 4 members (excludes halogenated alkanes) is 2. The SMILES string of the molecule is CCCCC[C@@H](/C=C/[C@H]1[C@H](C)CC(=O)[C@@H]1Cc1cccc(C)c1)OP(P)P. The molecule has 1 aromatic rings. The Kier molecular flexibility index (Phi) is 10.1. The van der Waals surface area contributed by atoms with Gasteiger partial charge in [0, 0.05) is 12.3 Å². The fourth-order valence-electron chi connectivity index (χ4n) is 4.07. The average Bonchev–Trinajstić information content (AvgIpc) is 2.85. The number of hydrogen-bond acceptors (Lipinski definition) is 2. The van der Waals surface area contributed by atoms with E-state index in [1.54, 1.807) is 0 Å². The van der Waals surface area contributed by atoms with Crippen LogP contribution in [0.1, 0.15) is 57.1 Å². The Balaban J connectivity index is 2.08. The summed E-state index contributed by atoms with van der Waals surface area (Å²) in [5.41, 5.74) is 2.53. The number of carbonyl (C=O) groups excluding carboxylic acids is 1. The highest BCUT2D eigenvalue weighted by Crippen LogP contribution is 2.55. The Morgan fingerprint density at radius 1 is 1.33 bits per heavy atom. The summed E-state index contributed by atoms with van der Waals surface area (Å²) < 4.78 is 6.11. The van der Waals surface area contributed by atoms with Gasteiger partial charge in [-0.1, -0.05) is 92.9 Å². The van der Waals surface area contributed by atoms with Crippen LogP contribution in [0.4, 0.5) is 0 Å². The molecule has 2 rings (SSSR count). The first-order valence-corrected chi connectivity index (χ1v) is 14.6. The van der Waals surface area contributed by atoms with Crippen LogP contribution in [0.25, 0.3) is 0 Å². The summed E-state index contributed by atoms with van der Waals surface area (Å²) in [6.07, 6.45) is 10.9. The lowest BCUT2D eigenvalue weighted by Gasteiger charge is -2.21. The summed E-state index contributed by atoms with van der Waals surface area (Å²) in [6.45, 7) is 6.56. The van der Waals surface area contributed by atoms with Gasteiger partial charge < -0.3 is 4.52 Å². The molecule has 6 atom stereocenters. The molecule has 0 heterocycles. The minimum atomic E-state index is -0.544. The quantitative estimate of drug-likeness (QED) is 0.233. The third-order valence-electron chi connectivity index (χ3n) is 5.49. The van der Waals surface area contributed by atoms with Gasteiger partial charge in [0.25, 0.3) is 0 Å². The number of ketones is 1. The highest BCUT2D eigenvalue weighted by Gasteiger charge is 2.38. The molecule has 2 nitrogen and oxygen atoms in total. The van der Waals surface area contributed by atoms with E-state index in [-0.39, 0.29) is 12.0 Å². The van der Waals surface area contributed by atoms with E-state index in [0.29, 0.717) is 24.0 Å². The van der Waals surface area contributed by atoms with E-state index in [9.17, 15) is 4.79 Å². The average molecular weight is 424 g/mol. The smallest absolute Gasteiger partial charge is 0.137 e. The number of rotatable bonds is 10. The molecular formula is C22H35O2P3. The Labute approximate surface area is 171 Å². The van der Waals surface area contributed by atoms with Gasteiger partial charge in [0.1, 0.15) is 5.78 Å². The lowest BCUT2D eigenvalue weighted by atomic mass is 9.85. The normalized spacial score (nSPS) is 24.2. The maximum atomic E-state index is 12.6. The zero-order valence-electron chi connectivity index (χ0n) is 16.9. The molecule has 0 saturated heterocycles. The van der Waals surface area contributed by atoms with Crippen LogP contribution in [-0.4, -0.2) is 11.9 Å². The predicted molar refractivity (Wildman–Crippen MR) is 125 cm³/mol. The van der Waals surface area contributed by atoms with Gasteiger partial charge in [0.15, 0.2) is 0 Å². The second-order valence-electron chi connectivity index (χ2n) is 7.91. The molecule has 1 fully saturated rings. The first kappa shape index (κ1) is 23.2. The summed E-state index contributed by atoms with van der Waals surface area (Å²) in [6, 6.07) is 8.57. The molecule has 27 heavy (non-hydrogen) atoms. The molecule has 2 unspecified atom stereocenters. The molecule has 0 N–H and O–H groups in total. The molecule has 0 bridgehead atoms. The monoisotopic (exact) mass is 424 g/mol. The van der Waals surface area contributed by atoms with Crippen LogP contribution in [0.2, 0.25) is 0 Å². The molecule has 1 saturated carbocycles. The fourth-order valence-corrected chi connectivity index (χ4v) is 5.50. The zero-order valence-corrected chi connectivity index (χ0v) is 20.1. The van der Waals surface area contributed by atoms with Gasteiger partial charge >= 0.3 is 0 Å². The van der Waals surface area contributed by atoms with E-state index in [2.05, 4.69) is 75.0 Å². The van der Waals surface area contributed by atoms with Crippen LogP contribution in [0, 0.1) is 24.7 Å². The Morgan fingerprint density at radius 2 is 2.11 bits per heavy atom. The Morgan fingerprint density at radius 3 is 2.78 bits per heavy atom. The van der Waals surface area contributed by atoms with Crippen LogP contribution >= 0.6 is 25.4 Å². The lowest BCUT2D eigenvalue weighted by molar-refractivity contribution is -0.121. The van der Waals surface area contributed by atoms with Crippen molar-refractivity contribution in [3.8, 4) is 0 Å². The molecule has 0 aliphatic heterocycles. The second kappa shape index (κ2) is 11.8. The van der Waals surface area contributed by atoms with Crippen molar-refractivity contribution >= 4 is 31.2 Å². The van der Waals surface area contributed by atoms with Crippen LogP contribution in [-0.2, 0) is 15.7 Å². The topological polar surface area (TPSA) is 26.3 Å². The van der Waals surface area contributed by atoms with Crippen molar-refractivity contribution < 1.29 is 9.32 Å². The van der Waals surface area contributed by atoms with Crippen LogP contribution in [0.3, 0.4) is 0 Å². The van der Waals surface area contributed by atoms with Gasteiger partial charge in [0.05, 0.1) is 13.6 Å². The van der Waals surface area contributed by atoms with E-state index in [1.807, 2.05) is 0 Å². The number of allylic oxidation sites excluding steroid dienone is 1. The van der Waals surface area contributed by atoms with E-state index in [1.165, 1.54) is 30.4 Å². The van der Waals surface area contributed by atoms with Crippen molar-refractivity contribution in [2.75, 3.05) is 0 Å². The number of aryl methyl sites for hydroxylation is 1. The number of carbonyl (C=O) groups is 1. The predicted octanol–water partition coefficient (Wildman–Crippen LogP) is 6.88. The Bertz CT molecular complexity index is 630. The van der Waals surface area contributed by atoms with Gasteiger partial charge in [-0.3, -0.25) is 4.79 Å². The molecule has 1 aromatic carbocycles. The third kappa shape index (κ3) is 7.66. The van der Waals surface area contributed by atoms with Gasteiger partial charge in [-0.15, -0.1) is 0 Å². The molecule has 5 heteroatoms. The molecular weight excluding hydrogens is 389 g/mol. The third-order valence-corrected chi connectivity index (χ3v) is 6.74. The summed E-state index contributed by atoms with van der Waals surface area (Å²) in [5, 5.41) is 0. The van der Waals surface area contributed by atoms with Crippen LogP contribution < -0.4 is 0 Å². The first-order valence-electron chi connectivity index (χ1n) is 10.1. The number of Topliss-reactive ketones (excluding diaryl/α,β-unsaturated/α-hetero) is 1. The highest BCUT2D eigenvalue weighted by atomic mass is 32.4. The zero-order chi connectivity index (χ0) is 19.8. The standard InChI is InChI=1S/C22H35O2P3/c1-4-5-6-10-19(24-27(25)26)11-12-20-17(3)14-22(23)21(20)15-18-9-7-8-16(2)13-18/h7-9,11-13,17,19-21H,4-6,10,14-15,25-26H2,1-3H3/b12-11+/t17-,19+,20+,21-/m1/s1. The van der Waals surface area contributed by atoms with Crippen molar-refractivity contribution in [2.24, 2.45) is 17.8 Å². The molecule has 0 spiro atoms. The fraction of sp³-hybridized carbons (Fsp3) is 0.591. The molecule has 1 aliphatic carbocycles. The van der Waals surface area contributed by atoms with Crippen molar-refractivity contribution in [1.82, 2.24) is 0 Å². The number of hydrogen-bond donors (Lipinski definition) is 0. The largest absolute Gasteiger partial charge is 0.344 e. The maximum Gasteiger partial charge on any atom is 0.137 e. The molecule has 0 amide bonds. The van der Waals surface area contributed by atoms with Crippen molar-refractivity contribution in [1.29, 1.82) is 0 Å². The summed E-state index contributed by atoms with van der Waals surface area (Å²) in [4.78, 5) is 12.6. The second-order valence-corrected chi connectivity index (χ2v) is 13.7. The highest BCUT2D eigenvalue weighted by molar-refractivity contribution is 8.41. The van der Waals surface area contributed by atoms with Crippen molar-refractivity contribution in [3.05, 3.63) is 47.5 Å². The minimum Gasteiger partial charge on any atom is -0.344 e. The van der Waals surface area contributed by atoms with Crippen molar-refractivity contribution in [3.63, 3.8) is 0 Å². The van der Waals surface area contributed by atoms with Crippen LogP contribution in [0.15, 0.2) is 36.4 Å². The number of benzene rings is 1.